The first-order valence-corrected chi connectivity index (χ1v) is 5.14. The summed E-state index contributed by atoms with van der Waals surface area (Å²) in [5, 5.41) is 0. The molecule has 0 heterocycles. The maximum atomic E-state index is 10.6. The second-order valence-electron chi connectivity index (χ2n) is 1.52. The fraction of sp³-hybridized carbons (Fsp3) is 0.600. The number of esters is 2. The summed E-state index contributed by atoms with van der Waals surface area (Å²) in [5.74, 6) is -1.01. The van der Waals surface area contributed by atoms with Gasteiger partial charge in [-0.1, -0.05) is 0 Å². The molecule has 0 aliphatic rings. The third-order valence-electron chi connectivity index (χ3n) is 0.910. The van der Waals surface area contributed by atoms with Gasteiger partial charge in [0.15, 0.2) is 0 Å². The third-order valence-corrected chi connectivity index (χ3v) is 3.03. The molecule has 0 spiro atoms. The Hall–Kier alpha value is -0.138. The molecule has 0 unspecified atom stereocenters. The van der Waals surface area contributed by atoms with Gasteiger partial charge in [0.2, 0.25) is 0 Å². The van der Waals surface area contributed by atoms with Crippen LogP contribution in [0.4, 0.5) is 0 Å². The van der Waals surface area contributed by atoms with Crippen LogP contribution >= 0.6 is 0 Å². The first-order chi connectivity index (χ1) is 4.63. The summed E-state index contributed by atoms with van der Waals surface area (Å²) in [5.41, 5.74) is 0. The van der Waals surface area contributed by atoms with Crippen LogP contribution in [0, 0.1) is 0 Å². The van der Waals surface area contributed by atoms with Gasteiger partial charge >= 0.3 is 74.5 Å². The molecule has 4 nitrogen and oxygen atoms in total. The van der Waals surface area contributed by atoms with Crippen molar-refractivity contribution < 1.29 is 19.1 Å². The van der Waals surface area contributed by atoms with E-state index in [0.29, 0.717) is 0 Å². The van der Waals surface area contributed by atoms with Gasteiger partial charge in [-0.25, -0.2) is 0 Å². The predicted octanol–water partition coefficient (Wildman–Crippen LogP) is -0.711. The van der Waals surface area contributed by atoms with Crippen molar-refractivity contribution in [3.63, 3.8) is 0 Å². The van der Waals surface area contributed by atoms with Gasteiger partial charge in [0.05, 0.1) is 0 Å². The van der Waals surface area contributed by atoms with E-state index in [1.54, 1.807) is 0 Å². The second-order valence-corrected chi connectivity index (χ2v) is 4.12. The van der Waals surface area contributed by atoms with E-state index in [0.717, 1.165) is 0 Å². The second kappa shape index (κ2) is 4.64. The molecular formula is C5H7O4Tl. The Kier molecular flexibility index (Phi) is 4.58. The molecule has 0 saturated carbocycles. The molecule has 0 rings (SSSR count). The minimum absolute atomic E-state index is 0.227. The molecular weight excluding hydrogens is 328 g/mol. The van der Waals surface area contributed by atoms with Crippen LogP contribution in [0.1, 0.15) is 0 Å². The average Bonchev–Trinajstić information content (AvgIpc) is 2.00. The summed E-state index contributed by atoms with van der Waals surface area (Å²) < 4.78 is 8.02. The van der Waals surface area contributed by atoms with E-state index in [9.17, 15) is 9.59 Å². The number of hydrogen-bond donors (Lipinski definition) is 0. The van der Waals surface area contributed by atoms with Crippen LogP contribution in [0.25, 0.3) is 0 Å². The van der Waals surface area contributed by atoms with Gasteiger partial charge in [0, 0.05) is 0 Å². The average molecular weight is 335 g/mol. The Morgan fingerprint density at radius 3 is 1.70 bits per heavy atom. The normalized spacial score (nSPS) is 9.00. The summed E-state index contributed by atoms with van der Waals surface area (Å²) in [4.78, 5) is 21.3. The van der Waals surface area contributed by atoms with E-state index < -0.39 is 15.4 Å². The van der Waals surface area contributed by atoms with E-state index in [1.165, 1.54) is 14.2 Å². The minimum atomic E-state index is -0.657. The standard InChI is InChI=1S/C5H7O4.Tl/c1-8-4(6)3-5(7)9-2;/h3H,1-2H3;. The van der Waals surface area contributed by atoms with Gasteiger partial charge in [-0.3, -0.25) is 0 Å². The molecule has 0 amide bonds. The molecule has 0 aromatic heterocycles. The predicted molar refractivity (Wildman–Crippen MR) is 33.5 cm³/mol. The molecule has 54 valence electrons. The number of ether oxygens (including phenoxy) is 2. The van der Waals surface area contributed by atoms with Crippen molar-refractivity contribution in [2.24, 2.45) is 0 Å². The zero-order valence-corrected chi connectivity index (χ0v) is 10.3. The van der Waals surface area contributed by atoms with Crippen molar-refractivity contribution >= 4 is 37.7 Å². The Labute approximate surface area is 74.6 Å². The van der Waals surface area contributed by atoms with Crippen LogP contribution in [0.5, 0.6) is 0 Å². The van der Waals surface area contributed by atoms with Crippen molar-refractivity contribution in [1.82, 2.24) is 0 Å². The van der Waals surface area contributed by atoms with Crippen LogP contribution < -0.4 is 0 Å². The van der Waals surface area contributed by atoms with Crippen LogP contribution in [-0.2, 0) is 19.1 Å². The van der Waals surface area contributed by atoms with Crippen molar-refractivity contribution in [2.45, 2.75) is 3.48 Å². The topological polar surface area (TPSA) is 52.6 Å². The zero-order chi connectivity index (χ0) is 8.15. The Balaban J connectivity index is 3.94. The SMILES string of the molecule is COC(=O)[CH]([Tl])C(=O)OC. The van der Waals surface area contributed by atoms with E-state index in [-0.39, 0.29) is 25.8 Å². The van der Waals surface area contributed by atoms with Crippen molar-refractivity contribution in [3.8, 4) is 0 Å². The molecule has 0 saturated heterocycles. The van der Waals surface area contributed by atoms with E-state index in [1.807, 2.05) is 0 Å². The molecule has 0 aromatic rings. The summed E-state index contributed by atoms with van der Waals surface area (Å²) in [6, 6.07) is 0. The number of hydrogen-bond acceptors (Lipinski definition) is 4. The summed E-state index contributed by atoms with van der Waals surface area (Å²) in [7, 11) is 2.50. The number of carbonyl (C=O) groups is 2. The van der Waals surface area contributed by atoms with Crippen LogP contribution in [-0.4, -0.2) is 51.9 Å². The fourth-order valence-electron chi connectivity index (χ4n) is 0.350. The molecule has 0 radical (unpaired) electrons. The molecule has 0 N–H and O–H groups in total. The quantitative estimate of drug-likeness (QED) is 0.380. The number of methoxy groups -OCH3 is 2. The van der Waals surface area contributed by atoms with Crippen molar-refractivity contribution in [2.75, 3.05) is 14.2 Å². The van der Waals surface area contributed by atoms with Crippen molar-refractivity contribution in [3.05, 3.63) is 0 Å². The third kappa shape index (κ3) is 2.63. The zero-order valence-electron chi connectivity index (χ0n) is 5.79. The van der Waals surface area contributed by atoms with Gasteiger partial charge in [0.1, 0.15) is 0 Å². The van der Waals surface area contributed by atoms with E-state index in [2.05, 4.69) is 9.47 Å². The molecule has 0 aromatic carbocycles. The van der Waals surface area contributed by atoms with Gasteiger partial charge in [-0.15, -0.1) is 0 Å². The van der Waals surface area contributed by atoms with Crippen LogP contribution in [0.2, 0.25) is 3.48 Å². The number of carbonyl (C=O) groups excluding carboxylic acids is 2. The Morgan fingerprint density at radius 2 is 1.50 bits per heavy atom. The molecule has 0 aliphatic carbocycles. The first kappa shape index (κ1) is 9.86. The molecule has 0 bridgehead atoms. The molecule has 0 aliphatic heterocycles. The van der Waals surface area contributed by atoms with E-state index in [4.69, 9.17) is 0 Å². The fourth-order valence-corrected chi connectivity index (χ4v) is 1.41. The first-order valence-electron chi connectivity index (χ1n) is 2.54. The summed E-state index contributed by atoms with van der Waals surface area (Å²) >= 11 is 0.227. The van der Waals surface area contributed by atoms with Gasteiger partial charge in [0.25, 0.3) is 0 Å². The Bertz CT molecular complexity index is 129. The van der Waals surface area contributed by atoms with Gasteiger partial charge in [-0.05, 0) is 0 Å². The van der Waals surface area contributed by atoms with Gasteiger partial charge < -0.3 is 0 Å². The molecule has 0 fully saturated rings. The molecule has 5 heteroatoms. The molecule has 10 heavy (non-hydrogen) atoms. The summed E-state index contributed by atoms with van der Waals surface area (Å²) in [6.07, 6.45) is 0. The maximum absolute atomic E-state index is 10.6. The monoisotopic (exact) mass is 336 g/mol. The van der Waals surface area contributed by atoms with Crippen LogP contribution in [0.3, 0.4) is 0 Å². The summed E-state index contributed by atoms with van der Waals surface area (Å²) in [6.45, 7) is 0. The van der Waals surface area contributed by atoms with Crippen molar-refractivity contribution in [1.29, 1.82) is 0 Å². The van der Waals surface area contributed by atoms with Crippen LogP contribution in [0.15, 0.2) is 0 Å². The Morgan fingerprint density at radius 1 is 1.20 bits per heavy atom. The number of rotatable bonds is 2. The van der Waals surface area contributed by atoms with Gasteiger partial charge in [-0.2, -0.15) is 0 Å². The van der Waals surface area contributed by atoms with E-state index >= 15 is 0 Å². The molecule has 0 atom stereocenters.